The summed E-state index contributed by atoms with van der Waals surface area (Å²) in [6.45, 7) is 0.0130. The van der Waals surface area contributed by atoms with Crippen LogP contribution in [-0.4, -0.2) is 42.7 Å². The van der Waals surface area contributed by atoms with Crippen molar-refractivity contribution in [2.75, 3.05) is 26.2 Å². The number of hydrogen-bond donors (Lipinski definition) is 2. The first kappa shape index (κ1) is 15.9. The van der Waals surface area contributed by atoms with E-state index in [1.165, 1.54) is 17.0 Å². The Kier molecular flexibility index (Phi) is 6.83. The van der Waals surface area contributed by atoms with E-state index in [1.54, 1.807) is 12.1 Å². The number of hydrogen-bond acceptors (Lipinski definition) is 3. The standard InChI is InChI=1S/C13H19F3N2O/c14-11-3-1-10(2-4-11)12(17)5-6-18(7-8-19)9-13(15)16/h1-4,12-13,19H,5-9,17H2. The van der Waals surface area contributed by atoms with Gasteiger partial charge in [-0.1, -0.05) is 12.1 Å². The van der Waals surface area contributed by atoms with Gasteiger partial charge in [0.1, 0.15) is 5.82 Å². The highest BCUT2D eigenvalue weighted by molar-refractivity contribution is 5.19. The monoisotopic (exact) mass is 276 g/mol. The molecule has 19 heavy (non-hydrogen) atoms. The first-order valence-electron chi connectivity index (χ1n) is 6.15. The molecule has 3 N–H and O–H groups in total. The van der Waals surface area contributed by atoms with Crippen molar-refractivity contribution in [3.8, 4) is 0 Å². The number of aliphatic hydroxyl groups excluding tert-OH is 1. The minimum Gasteiger partial charge on any atom is -0.395 e. The van der Waals surface area contributed by atoms with Crippen LogP contribution >= 0.6 is 0 Å². The Labute approximate surface area is 110 Å². The molecule has 0 aliphatic carbocycles. The van der Waals surface area contributed by atoms with Gasteiger partial charge in [0.05, 0.1) is 13.2 Å². The largest absolute Gasteiger partial charge is 0.395 e. The highest BCUT2D eigenvalue weighted by Crippen LogP contribution is 2.15. The van der Waals surface area contributed by atoms with Gasteiger partial charge in [0, 0.05) is 19.1 Å². The molecule has 0 saturated heterocycles. The molecule has 1 aromatic carbocycles. The lowest BCUT2D eigenvalue weighted by Crippen LogP contribution is -2.34. The predicted octanol–water partition coefficient (Wildman–Crippen LogP) is 1.77. The lowest BCUT2D eigenvalue weighted by atomic mass is 10.0. The molecule has 0 aliphatic rings. The van der Waals surface area contributed by atoms with Crippen LogP contribution in [0.15, 0.2) is 24.3 Å². The summed E-state index contributed by atoms with van der Waals surface area (Å²) in [5.74, 6) is -0.337. The molecule has 1 rings (SSSR count). The van der Waals surface area contributed by atoms with Gasteiger partial charge >= 0.3 is 0 Å². The molecule has 0 aromatic heterocycles. The maximum atomic E-state index is 12.7. The smallest absolute Gasteiger partial charge is 0.251 e. The fourth-order valence-electron chi connectivity index (χ4n) is 1.83. The number of alkyl halides is 2. The van der Waals surface area contributed by atoms with E-state index >= 15 is 0 Å². The zero-order chi connectivity index (χ0) is 14.3. The third-order valence-electron chi connectivity index (χ3n) is 2.87. The summed E-state index contributed by atoms with van der Waals surface area (Å²) in [5.41, 5.74) is 6.69. The third-order valence-corrected chi connectivity index (χ3v) is 2.87. The second-order valence-electron chi connectivity index (χ2n) is 4.36. The molecule has 0 heterocycles. The van der Waals surface area contributed by atoms with Crippen molar-refractivity contribution in [1.29, 1.82) is 0 Å². The Morgan fingerprint density at radius 1 is 1.16 bits per heavy atom. The molecule has 6 heteroatoms. The van der Waals surface area contributed by atoms with Crippen molar-refractivity contribution in [2.45, 2.75) is 18.9 Å². The number of rotatable bonds is 8. The van der Waals surface area contributed by atoms with Crippen molar-refractivity contribution >= 4 is 0 Å². The van der Waals surface area contributed by atoms with Crippen molar-refractivity contribution in [3.63, 3.8) is 0 Å². The average Bonchev–Trinajstić information content (AvgIpc) is 2.36. The number of aliphatic hydroxyl groups is 1. The van der Waals surface area contributed by atoms with E-state index < -0.39 is 6.43 Å². The van der Waals surface area contributed by atoms with E-state index in [9.17, 15) is 13.2 Å². The molecule has 0 aliphatic heterocycles. The summed E-state index contributed by atoms with van der Waals surface area (Å²) in [5, 5.41) is 8.80. The first-order chi connectivity index (χ1) is 9.02. The van der Waals surface area contributed by atoms with Gasteiger partial charge in [-0.2, -0.15) is 0 Å². The zero-order valence-corrected chi connectivity index (χ0v) is 10.6. The molecule has 3 nitrogen and oxygen atoms in total. The number of nitrogens with two attached hydrogens (primary N) is 1. The van der Waals surface area contributed by atoms with Crippen molar-refractivity contribution < 1.29 is 18.3 Å². The van der Waals surface area contributed by atoms with Crippen LogP contribution in [0.2, 0.25) is 0 Å². The Morgan fingerprint density at radius 3 is 2.32 bits per heavy atom. The van der Waals surface area contributed by atoms with E-state index in [2.05, 4.69) is 0 Å². The molecule has 0 fully saturated rings. The SMILES string of the molecule is NC(CCN(CCO)CC(F)F)c1ccc(F)cc1. The molecule has 0 amide bonds. The van der Waals surface area contributed by atoms with E-state index in [4.69, 9.17) is 10.8 Å². The third kappa shape index (κ3) is 6.04. The number of benzene rings is 1. The van der Waals surface area contributed by atoms with E-state index in [1.807, 2.05) is 0 Å². The predicted molar refractivity (Wildman–Crippen MR) is 67.5 cm³/mol. The van der Waals surface area contributed by atoms with E-state index in [-0.39, 0.29) is 31.6 Å². The van der Waals surface area contributed by atoms with Gasteiger partial charge in [0.15, 0.2) is 0 Å². The lowest BCUT2D eigenvalue weighted by Gasteiger charge is -2.22. The maximum absolute atomic E-state index is 12.7. The molecule has 1 aromatic rings. The Balaban J connectivity index is 2.46. The quantitative estimate of drug-likeness (QED) is 0.761. The molecular formula is C13H19F3N2O. The molecule has 0 saturated carbocycles. The van der Waals surface area contributed by atoms with Gasteiger partial charge < -0.3 is 10.8 Å². The summed E-state index contributed by atoms with van der Waals surface area (Å²) in [6, 6.07) is 5.48. The molecule has 1 unspecified atom stereocenters. The summed E-state index contributed by atoms with van der Waals surface area (Å²) < 4.78 is 37.4. The molecular weight excluding hydrogens is 257 g/mol. The molecule has 0 bridgehead atoms. The van der Waals surface area contributed by atoms with Gasteiger partial charge in [-0.15, -0.1) is 0 Å². The average molecular weight is 276 g/mol. The van der Waals surface area contributed by atoms with Crippen LogP contribution < -0.4 is 5.73 Å². The molecule has 0 spiro atoms. The second kappa shape index (κ2) is 8.14. The van der Waals surface area contributed by atoms with Crippen LogP contribution in [0.1, 0.15) is 18.0 Å². The van der Waals surface area contributed by atoms with Crippen LogP contribution in [0.25, 0.3) is 0 Å². The topological polar surface area (TPSA) is 49.5 Å². The zero-order valence-electron chi connectivity index (χ0n) is 10.6. The van der Waals surface area contributed by atoms with Gasteiger partial charge in [-0.05, 0) is 24.1 Å². The fourth-order valence-corrected chi connectivity index (χ4v) is 1.83. The molecule has 1 atom stereocenters. The maximum Gasteiger partial charge on any atom is 0.251 e. The summed E-state index contributed by atoms with van der Waals surface area (Å²) in [6.07, 6.45) is -1.97. The number of nitrogens with zero attached hydrogens (tertiary/aromatic N) is 1. The van der Waals surface area contributed by atoms with Gasteiger partial charge in [0.2, 0.25) is 0 Å². The van der Waals surface area contributed by atoms with Crippen molar-refractivity contribution in [1.82, 2.24) is 4.90 Å². The van der Waals surface area contributed by atoms with Gasteiger partial charge in [-0.3, -0.25) is 4.90 Å². The van der Waals surface area contributed by atoms with Crippen LogP contribution in [0.3, 0.4) is 0 Å². The van der Waals surface area contributed by atoms with Crippen molar-refractivity contribution in [3.05, 3.63) is 35.6 Å². The lowest BCUT2D eigenvalue weighted by molar-refractivity contribution is 0.0768. The minimum absolute atomic E-state index is 0.168. The second-order valence-corrected chi connectivity index (χ2v) is 4.36. The van der Waals surface area contributed by atoms with Crippen LogP contribution in [0, 0.1) is 5.82 Å². The summed E-state index contributed by atoms with van der Waals surface area (Å²) in [7, 11) is 0. The summed E-state index contributed by atoms with van der Waals surface area (Å²) in [4.78, 5) is 1.47. The Morgan fingerprint density at radius 2 is 1.79 bits per heavy atom. The normalized spacial score (nSPS) is 13.2. The number of halogens is 3. The molecule has 108 valence electrons. The Hall–Kier alpha value is -1.11. The van der Waals surface area contributed by atoms with Crippen molar-refractivity contribution in [2.24, 2.45) is 5.73 Å². The fraction of sp³-hybridized carbons (Fsp3) is 0.538. The highest BCUT2D eigenvalue weighted by atomic mass is 19.3. The summed E-state index contributed by atoms with van der Waals surface area (Å²) >= 11 is 0. The van der Waals surface area contributed by atoms with Crippen LogP contribution in [-0.2, 0) is 0 Å². The van der Waals surface area contributed by atoms with Crippen LogP contribution in [0.4, 0.5) is 13.2 Å². The van der Waals surface area contributed by atoms with E-state index in [0.29, 0.717) is 13.0 Å². The van der Waals surface area contributed by atoms with Gasteiger partial charge in [-0.25, -0.2) is 13.2 Å². The van der Waals surface area contributed by atoms with Crippen LogP contribution in [0.5, 0.6) is 0 Å². The first-order valence-corrected chi connectivity index (χ1v) is 6.15. The van der Waals surface area contributed by atoms with E-state index in [0.717, 1.165) is 5.56 Å². The molecule has 0 radical (unpaired) electrons. The highest BCUT2D eigenvalue weighted by Gasteiger charge is 2.14. The minimum atomic E-state index is -2.44. The van der Waals surface area contributed by atoms with Gasteiger partial charge in [0.25, 0.3) is 6.43 Å². The Bertz CT molecular complexity index is 359.